The molecule has 190 valence electrons. The van der Waals surface area contributed by atoms with Gasteiger partial charge in [0.1, 0.15) is 0 Å². The van der Waals surface area contributed by atoms with E-state index in [0.29, 0.717) is 22.9 Å². The molecule has 1 fully saturated rings. The number of carboxylic acid groups (broad SMARTS) is 1. The van der Waals surface area contributed by atoms with E-state index in [-0.39, 0.29) is 5.56 Å². The zero-order valence-electron chi connectivity index (χ0n) is 19.7. The molecule has 0 radical (unpaired) electrons. The minimum Gasteiger partial charge on any atom is -0.699 e. The molecule has 2 N–H and O–H groups in total. The first-order chi connectivity index (χ1) is 17.2. The molecule has 0 atom stereocenters. The van der Waals surface area contributed by atoms with Gasteiger partial charge in [0.05, 0.1) is 11.1 Å². The van der Waals surface area contributed by atoms with Crippen LogP contribution in [0, 0.1) is 0 Å². The van der Waals surface area contributed by atoms with Crippen molar-refractivity contribution in [3.05, 3.63) is 94.7 Å². The summed E-state index contributed by atoms with van der Waals surface area (Å²) < 4.78 is 42.7. The van der Waals surface area contributed by atoms with E-state index in [1.165, 1.54) is 42.2 Å². The van der Waals surface area contributed by atoms with Crippen LogP contribution >= 0.6 is 0 Å². The van der Waals surface area contributed by atoms with E-state index in [0.717, 1.165) is 44.9 Å². The second-order valence-electron chi connectivity index (χ2n) is 8.97. The van der Waals surface area contributed by atoms with Gasteiger partial charge in [-0.3, -0.25) is 4.90 Å². The molecule has 36 heavy (non-hydrogen) atoms. The molecule has 1 saturated heterocycles. The molecule has 0 spiro atoms. The van der Waals surface area contributed by atoms with Crippen LogP contribution in [-0.2, 0) is 23.9 Å². The Labute approximate surface area is 208 Å². The highest BCUT2D eigenvalue weighted by Gasteiger charge is 2.30. The molecule has 3 aromatic rings. The first kappa shape index (κ1) is 25.7. The van der Waals surface area contributed by atoms with E-state index in [4.69, 9.17) is 15.6 Å². The van der Waals surface area contributed by atoms with E-state index < -0.39 is 17.7 Å². The Hall–Kier alpha value is -3.36. The second-order valence-corrected chi connectivity index (χ2v) is 8.97. The molecular formula is C28H28F3N2O3-. The molecular weight excluding hydrogens is 469 g/mol. The third-order valence-corrected chi connectivity index (χ3v) is 6.64. The standard InChI is InChI=1S/C14H9F3O2.C14H19N2O/c15-14(16,17)10-7-5-9(6-8-10)11-3-1-2-4-12(11)13(18)19;15-13-2-1-12-10-16(6-3-11(12)9-13)14-4-7-17-8-5-14/h1-8H,(H,18,19);1-2,9,14-15H,3-8,10H2/q;-1. The molecule has 3 aromatic carbocycles. The van der Waals surface area contributed by atoms with Gasteiger partial charge >= 0.3 is 12.1 Å². The molecule has 0 bridgehead atoms. The van der Waals surface area contributed by atoms with Crippen molar-refractivity contribution >= 4 is 11.7 Å². The summed E-state index contributed by atoms with van der Waals surface area (Å²) in [6.07, 6.45) is -0.956. The first-order valence-corrected chi connectivity index (χ1v) is 11.9. The second kappa shape index (κ2) is 11.1. The minimum atomic E-state index is -4.40. The van der Waals surface area contributed by atoms with Crippen molar-refractivity contribution < 1.29 is 27.8 Å². The topological polar surface area (TPSA) is 73.6 Å². The number of rotatable bonds is 3. The highest BCUT2D eigenvalue weighted by Crippen LogP contribution is 2.32. The van der Waals surface area contributed by atoms with Gasteiger partial charge in [-0.2, -0.15) is 13.2 Å². The Kier molecular flexibility index (Phi) is 7.96. The van der Waals surface area contributed by atoms with Crippen molar-refractivity contribution in [2.45, 2.75) is 38.0 Å². The fourth-order valence-electron chi connectivity index (χ4n) is 4.70. The van der Waals surface area contributed by atoms with Gasteiger partial charge in [-0.15, -0.1) is 5.69 Å². The van der Waals surface area contributed by atoms with Crippen LogP contribution in [-0.4, -0.2) is 41.8 Å². The summed E-state index contributed by atoms with van der Waals surface area (Å²) in [5.74, 6) is -1.12. The summed E-state index contributed by atoms with van der Waals surface area (Å²) in [6, 6.07) is 17.4. The smallest absolute Gasteiger partial charge is 0.416 e. The third-order valence-electron chi connectivity index (χ3n) is 6.64. The van der Waals surface area contributed by atoms with Crippen molar-refractivity contribution in [1.82, 2.24) is 4.90 Å². The van der Waals surface area contributed by atoms with Crippen LogP contribution in [0.25, 0.3) is 16.9 Å². The van der Waals surface area contributed by atoms with Crippen LogP contribution in [0.15, 0.2) is 66.7 Å². The van der Waals surface area contributed by atoms with Gasteiger partial charge in [0, 0.05) is 32.3 Å². The molecule has 0 aliphatic carbocycles. The molecule has 0 aromatic heterocycles. The number of alkyl halides is 3. The van der Waals surface area contributed by atoms with Crippen LogP contribution in [0.2, 0.25) is 0 Å². The quantitative estimate of drug-likeness (QED) is 0.424. The fraction of sp³-hybridized carbons (Fsp3) is 0.321. The molecule has 0 unspecified atom stereocenters. The predicted molar refractivity (Wildman–Crippen MR) is 132 cm³/mol. The third kappa shape index (κ3) is 6.25. The maximum absolute atomic E-state index is 12.4. The highest BCUT2D eigenvalue weighted by molar-refractivity contribution is 5.96. The number of benzene rings is 3. The van der Waals surface area contributed by atoms with Crippen LogP contribution in [0.3, 0.4) is 0 Å². The lowest BCUT2D eigenvalue weighted by molar-refractivity contribution is -0.137. The number of fused-ring (bicyclic) bond motifs is 1. The number of aromatic carboxylic acids is 1. The normalized spacial score (nSPS) is 16.5. The Bertz CT molecular complexity index is 1190. The van der Waals surface area contributed by atoms with Crippen molar-refractivity contribution in [1.29, 1.82) is 0 Å². The SMILES string of the molecule is O=C(O)c1ccccc1-c1ccc(C(F)(F)F)cc1.[NH-]c1ccc2c(c1)CCN(C1CCOCC1)C2. The van der Waals surface area contributed by atoms with Crippen LogP contribution < -0.4 is 0 Å². The number of halogens is 3. The molecule has 0 amide bonds. The van der Waals surface area contributed by atoms with Gasteiger partial charge < -0.3 is 15.6 Å². The van der Waals surface area contributed by atoms with E-state index in [2.05, 4.69) is 11.0 Å². The average molecular weight is 498 g/mol. The van der Waals surface area contributed by atoms with Gasteiger partial charge in [0.2, 0.25) is 0 Å². The predicted octanol–water partition coefficient (Wildman–Crippen LogP) is 6.98. The lowest BCUT2D eigenvalue weighted by Crippen LogP contribution is -2.42. The Balaban J connectivity index is 0.000000170. The molecule has 2 aliphatic rings. The average Bonchev–Trinajstić information content (AvgIpc) is 2.89. The molecule has 5 rings (SSSR count). The summed E-state index contributed by atoms with van der Waals surface area (Å²) in [4.78, 5) is 13.6. The number of carbonyl (C=O) groups is 1. The summed E-state index contributed by atoms with van der Waals surface area (Å²) in [6.45, 7) is 4.03. The maximum Gasteiger partial charge on any atom is 0.416 e. The maximum atomic E-state index is 12.4. The number of ether oxygens (including phenoxy) is 1. The lowest BCUT2D eigenvalue weighted by Gasteiger charge is -2.37. The van der Waals surface area contributed by atoms with Crippen molar-refractivity contribution in [3.63, 3.8) is 0 Å². The Morgan fingerprint density at radius 2 is 1.67 bits per heavy atom. The number of carboxylic acids is 1. The number of hydrogen-bond donors (Lipinski definition) is 1. The van der Waals surface area contributed by atoms with Crippen molar-refractivity contribution in [3.8, 4) is 11.1 Å². The zero-order chi connectivity index (χ0) is 25.7. The van der Waals surface area contributed by atoms with E-state index in [9.17, 15) is 18.0 Å². The number of nitrogens with one attached hydrogen (secondary N) is 1. The van der Waals surface area contributed by atoms with E-state index >= 15 is 0 Å². The van der Waals surface area contributed by atoms with Crippen molar-refractivity contribution in [2.24, 2.45) is 0 Å². The minimum absolute atomic E-state index is 0.0576. The monoisotopic (exact) mass is 497 g/mol. The van der Waals surface area contributed by atoms with Gasteiger partial charge in [-0.1, -0.05) is 48.5 Å². The fourth-order valence-corrected chi connectivity index (χ4v) is 4.70. The Morgan fingerprint density at radius 3 is 2.33 bits per heavy atom. The molecule has 5 nitrogen and oxygen atoms in total. The summed E-state index contributed by atoms with van der Waals surface area (Å²) in [5, 5.41) is 9.03. The first-order valence-electron chi connectivity index (χ1n) is 11.9. The highest BCUT2D eigenvalue weighted by atomic mass is 19.4. The lowest BCUT2D eigenvalue weighted by atomic mass is 9.96. The molecule has 0 saturated carbocycles. The van der Waals surface area contributed by atoms with Gasteiger partial charge in [0.25, 0.3) is 0 Å². The number of hydrogen-bond acceptors (Lipinski definition) is 3. The number of nitrogens with zero attached hydrogens (tertiary/aromatic N) is 1. The van der Waals surface area contributed by atoms with Crippen LogP contribution in [0.4, 0.5) is 18.9 Å². The summed E-state index contributed by atoms with van der Waals surface area (Å²) in [7, 11) is 0. The zero-order valence-corrected chi connectivity index (χ0v) is 19.7. The van der Waals surface area contributed by atoms with E-state index in [1.54, 1.807) is 18.2 Å². The largest absolute Gasteiger partial charge is 0.699 e. The van der Waals surface area contributed by atoms with Gasteiger partial charge in [0.15, 0.2) is 0 Å². The van der Waals surface area contributed by atoms with Gasteiger partial charge in [-0.25, -0.2) is 4.79 Å². The molecule has 2 aliphatic heterocycles. The molecule has 2 heterocycles. The van der Waals surface area contributed by atoms with Crippen molar-refractivity contribution in [2.75, 3.05) is 19.8 Å². The molecule has 8 heteroatoms. The Morgan fingerprint density at radius 1 is 0.972 bits per heavy atom. The van der Waals surface area contributed by atoms with Gasteiger partial charge in [-0.05, 0) is 59.7 Å². The van der Waals surface area contributed by atoms with Crippen LogP contribution in [0.5, 0.6) is 0 Å². The van der Waals surface area contributed by atoms with Crippen LogP contribution in [0.1, 0.15) is 39.9 Å². The summed E-state index contributed by atoms with van der Waals surface area (Å²) >= 11 is 0. The van der Waals surface area contributed by atoms with E-state index in [1.807, 2.05) is 12.1 Å². The summed E-state index contributed by atoms with van der Waals surface area (Å²) in [5.41, 5.74) is 11.2.